The molecule has 154 valence electrons. The molecule has 0 aliphatic rings. The minimum atomic E-state index is 0.268. The van der Waals surface area contributed by atoms with Crippen LogP contribution in [0.25, 0.3) is 22.0 Å². The van der Waals surface area contributed by atoms with Crippen molar-refractivity contribution in [2.45, 2.75) is 79.1 Å². The van der Waals surface area contributed by atoms with Crippen LogP contribution < -0.4 is 4.57 Å². The Labute approximate surface area is 180 Å². The molecule has 1 nitrogen and oxygen atoms in total. The zero-order valence-electron chi connectivity index (χ0n) is 21.5. The summed E-state index contributed by atoms with van der Waals surface area (Å²) in [6.07, 6.45) is 2.44. The molecule has 0 N–H and O–H groups in total. The van der Waals surface area contributed by atoms with E-state index in [0.29, 0.717) is 23.8 Å². The van der Waals surface area contributed by atoms with Crippen LogP contribution >= 0.6 is 0 Å². The van der Waals surface area contributed by atoms with Gasteiger partial charge in [0, 0.05) is 6.04 Å². The maximum atomic E-state index is 8.71. The Morgan fingerprint density at radius 2 is 1.62 bits per heavy atom. The third kappa shape index (κ3) is 4.10. The predicted molar refractivity (Wildman–Crippen MR) is 127 cm³/mol. The van der Waals surface area contributed by atoms with Gasteiger partial charge in [-0.25, -0.2) is 4.57 Å². The lowest BCUT2D eigenvalue weighted by molar-refractivity contribution is -0.659. The first-order valence-electron chi connectivity index (χ1n) is 12.2. The highest BCUT2D eigenvalue weighted by molar-refractivity contribution is 5.94. The smallest absolute Gasteiger partial charge is 0.200 e. The zero-order chi connectivity index (χ0) is 23.0. The minimum Gasteiger partial charge on any atom is -0.200 e. The van der Waals surface area contributed by atoms with Crippen molar-refractivity contribution in [1.29, 1.82) is 0 Å². The molecule has 0 radical (unpaired) electrons. The molecule has 0 unspecified atom stereocenters. The summed E-state index contributed by atoms with van der Waals surface area (Å²) >= 11 is 0. The Balaban J connectivity index is 2.43. The van der Waals surface area contributed by atoms with Gasteiger partial charge >= 0.3 is 0 Å². The van der Waals surface area contributed by atoms with Gasteiger partial charge in [-0.1, -0.05) is 59.7 Å². The predicted octanol–water partition coefficient (Wildman–Crippen LogP) is 7.79. The lowest BCUT2D eigenvalue weighted by atomic mass is 9.86. The highest BCUT2D eigenvalue weighted by Crippen LogP contribution is 2.36. The second-order valence-electron chi connectivity index (χ2n) is 9.05. The van der Waals surface area contributed by atoms with Gasteiger partial charge in [0.1, 0.15) is 8.42 Å². The molecule has 0 aliphatic heterocycles. The fourth-order valence-corrected chi connectivity index (χ4v) is 4.53. The molecule has 0 atom stereocenters. The van der Waals surface area contributed by atoms with Crippen LogP contribution in [0.1, 0.15) is 97.1 Å². The van der Waals surface area contributed by atoms with Gasteiger partial charge in [-0.2, -0.15) is 0 Å². The Kier molecular flexibility index (Phi) is 5.65. The molecule has 3 aromatic rings. The first-order chi connectivity index (χ1) is 14.6. The summed E-state index contributed by atoms with van der Waals surface area (Å²) in [6.45, 7) is 15.6. The molecule has 3 rings (SSSR count). The van der Waals surface area contributed by atoms with Crippen molar-refractivity contribution in [3.8, 4) is 11.3 Å². The van der Waals surface area contributed by atoms with Crippen molar-refractivity contribution < 1.29 is 7.31 Å². The highest BCUT2D eigenvalue weighted by Gasteiger charge is 2.22. The standard InChI is InChI=1S/C28H38N/c1-9-21(10-2)22-11-12-25-23(15-22)13-14-29(8)28(25)27-17-24(18(3)4)16-26(19(5)6)20(27)7/h11-19,21H,9-10H2,1-8H3/q+1/i13D,14D. The van der Waals surface area contributed by atoms with Crippen molar-refractivity contribution in [1.82, 2.24) is 0 Å². The van der Waals surface area contributed by atoms with Gasteiger partial charge in [-0.15, -0.1) is 0 Å². The summed E-state index contributed by atoms with van der Waals surface area (Å²) < 4.78 is 19.3. The summed E-state index contributed by atoms with van der Waals surface area (Å²) in [5.41, 5.74) is 7.48. The third-order valence-corrected chi connectivity index (χ3v) is 6.46. The van der Waals surface area contributed by atoms with Crippen LogP contribution in [0.3, 0.4) is 0 Å². The topological polar surface area (TPSA) is 3.88 Å². The normalized spacial score (nSPS) is 12.9. The van der Waals surface area contributed by atoms with E-state index >= 15 is 0 Å². The number of benzene rings is 2. The second-order valence-corrected chi connectivity index (χ2v) is 9.05. The Hall–Kier alpha value is -2.15. The van der Waals surface area contributed by atoms with Gasteiger partial charge in [0.15, 0.2) is 6.17 Å². The van der Waals surface area contributed by atoms with Gasteiger partial charge in [0.05, 0.1) is 12.3 Å². The monoisotopic (exact) mass is 390 g/mol. The second kappa shape index (κ2) is 8.69. The van der Waals surface area contributed by atoms with E-state index < -0.39 is 0 Å². The average molecular weight is 391 g/mol. The molecule has 0 saturated carbocycles. The number of hydrogen-bond donors (Lipinski definition) is 0. The number of aromatic nitrogens is 1. The number of nitrogens with zero attached hydrogens (tertiary/aromatic N) is 1. The van der Waals surface area contributed by atoms with Crippen molar-refractivity contribution in [3.05, 3.63) is 64.8 Å². The fraction of sp³-hybridized carbons (Fsp3) is 0.464. The van der Waals surface area contributed by atoms with Crippen molar-refractivity contribution in [3.63, 3.8) is 0 Å². The lowest BCUT2D eigenvalue weighted by Gasteiger charge is -2.19. The van der Waals surface area contributed by atoms with Gasteiger partial charge in [-0.3, -0.25) is 0 Å². The minimum absolute atomic E-state index is 0.268. The van der Waals surface area contributed by atoms with E-state index in [2.05, 4.69) is 78.8 Å². The first kappa shape index (κ1) is 18.9. The van der Waals surface area contributed by atoms with Crippen molar-refractivity contribution in [2.24, 2.45) is 7.05 Å². The molecule has 0 fully saturated rings. The van der Waals surface area contributed by atoms with E-state index in [-0.39, 0.29) is 6.17 Å². The van der Waals surface area contributed by atoms with Crippen LogP contribution in [-0.2, 0) is 7.05 Å². The third-order valence-electron chi connectivity index (χ3n) is 6.46. The average Bonchev–Trinajstić information content (AvgIpc) is 2.74. The quantitative estimate of drug-likeness (QED) is 0.378. The molecule has 29 heavy (non-hydrogen) atoms. The molecule has 2 aromatic carbocycles. The molecule has 1 aromatic heterocycles. The van der Waals surface area contributed by atoms with Crippen LogP contribution in [0.15, 0.2) is 42.5 Å². The van der Waals surface area contributed by atoms with Gasteiger partial charge in [0.2, 0.25) is 5.69 Å². The number of pyridine rings is 1. The van der Waals surface area contributed by atoms with Crippen LogP contribution in [0.2, 0.25) is 0 Å². The van der Waals surface area contributed by atoms with Crippen molar-refractivity contribution in [2.75, 3.05) is 0 Å². The number of hydrogen-bond acceptors (Lipinski definition) is 0. The summed E-state index contributed by atoms with van der Waals surface area (Å²) in [7, 11) is 1.93. The van der Waals surface area contributed by atoms with Crippen LogP contribution in [-0.4, -0.2) is 0 Å². The largest absolute Gasteiger partial charge is 0.220 e. The summed E-state index contributed by atoms with van der Waals surface area (Å²) in [5.74, 6) is 1.36. The van der Waals surface area contributed by atoms with Gasteiger partial charge in [-0.05, 0) is 77.3 Å². The van der Waals surface area contributed by atoms with E-state index in [0.717, 1.165) is 29.3 Å². The maximum absolute atomic E-state index is 8.71. The molecule has 0 bridgehead atoms. The lowest BCUT2D eigenvalue weighted by Crippen LogP contribution is -2.31. The number of rotatable bonds is 6. The van der Waals surface area contributed by atoms with E-state index in [4.69, 9.17) is 2.74 Å². The molecule has 0 amide bonds. The van der Waals surface area contributed by atoms with E-state index in [1.165, 1.54) is 27.8 Å². The van der Waals surface area contributed by atoms with Crippen LogP contribution in [0.5, 0.6) is 0 Å². The number of fused-ring (bicyclic) bond motifs is 1. The molecule has 0 saturated heterocycles. The van der Waals surface area contributed by atoms with E-state index in [1.54, 1.807) is 0 Å². The van der Waals surface area contributed by atoms with E-state index in [9.17, 15) is 0 Å². The Bertz CT molecular complexity index is 1110. The van der Waals surface area contributed by atoms with Crippen LogP contribution in [0.4, 0.5) is 0 Å². The summed E-state index contributed by atoms with van der Waals surface area (Å²) in [6, 6.07) is 11.6. The first-order valence-corrected chi connectivity index (χ1v) is 11.2. The summed E-state index contributed by atoms with van der Waals surface area (Å²) in [5, 5.41) is 1.96. The fourth-order valence-electron chi connectivity index (χ4n) is 4.53. The molecular formula is C28H38N+. The SMILES string of the molecule is [2H]c1c([2H])[n+](C)c(-c2cc(C(C)C)cc(C(C)C)c2C)c2ccc(C(CC)CC)cc12. The van der Waals surface area contributed by atoms with E-state index in [1.807, 2.05) is 11.6 Å². The highest BCUT2D eigenvalue weighted by atomic mass is 14.9. The maximum Gasteiger partial charge on any atom is 0.220 e. The van der Waals surface area contributed by atoms with Crippen LogP contribution in [0, 0.1) is 6.92 Å². The molecule has 0 aliphatic carbocycles. The van der Waals surface area contributed by atoms with Gasteiger partial charge in [0.25, 0.3) is 0 Å². The molecule has 0 spiro atoms. The molecule has 1 heteroatoms. The van der Waals surface area contributed by atoms with Crippen molar-refractivity contribution >= 4 is 10.8 Å². The molecular weight excluding hydrogens is 350 g/mol. The Morgan fingerprint density at radius 3 is 2.21 bits per heavy atom. The zero-order valence-corrected chi connectivity index (χ0v) is 19.5. The molecule has 1 heterocycles. The summed E-state index contributed by atoms with van der Waals surface area (Å²) in [4.78, 5) is 0. The Morgan fingerprint density at radius 1 is 0.931 bits per heavy atom. The van der Waals surface area contributed by atoms with Gasteiger partial charge < -0.3 is 0 Å².